The molecule has 2 fully saturated rings. The van der Waals surface area contributed by atoms with Crippen LogP contribution in [0.4, 0.5) is 14.6 Å². The molecule has 2 aliphatic heterocycles. The maximum Gasteiger partial charge on any atom is 0.259 e. The molecular formula is C24H26F2N6O. The number of anilines is 1. The molecule has 5 rings (SSSR count). The zero-order chi connectivity index (χ0) is 23.3. The van der Waals surface area contributed by atoms with Crippen LogP contribution in [0.3, 0.4) is 0 Å². The smallest absolute Gasteiger partial charge is 0.259 e. The van der Waals surface area contributed by atoms with E-state index in [4.69, 9.17) is 0 Å². The summed E-state index contributed by atoms with van der Waals surface area (Å²) < 4.78 is 29.3. The van der Waals surface area contributed by atoms with E-state index in [-0.39, 0.29) is 23.3 Å². The number of benzene rings is 1. The Morgan fingerprint density at radius 3 is 2.36 bits per heavy atom. The van der Waals surface area contributed by atoms with Crippen molar-refractivity contribution in [2.24, 2.45) is 11.8 Å². The lowest BCUT2D eigenvalue weighted by molar-refractivity contribution is 0.0777. The van der Waals surface area contributed by atoms with Crippen molar-refractivity contribution in [3.63, 3.8) is 0 Å². The monoisotopic (exact) mass is 452 g/mol. The van der Waals surface area contributed by atoms with Crippen LogP contribution < -0.4 is 4.90 Å². The molecule has 2 atom stereocenters. The average molecular weight is 453 g/mol. The van der Waals surface area contributed by atoms with Crippen molar-refractivity contribution >= 4 is 11.7 Å². The molecule has 172 valence electrons. The molecule has 0 spiro atoms. The number of pyridine rings is 1. The maximum atomic E-state index is 14.7. The van der Waals surface area contributed by atoms with Crippen LogP contribution in [0.25, 0.3) is 5.69 Å². The molecule has 3 aromatic rings. The van der Waals surface area contributed by atoms with Crippen LogP contribution in [-0.2, 0) is 5.67 Å². The van der Waals surface area contributed by atoms with Crippen molar-refractivity contribution in [3.8, 4) is 5.69 Å². The van der Waals surface area contributed by atoms with Gasteiger partial charge < -0.3 is 9.80 Å². The number of fused-ring (bicyclic) bond motifs is 1. The van der Waals surface area contributed by atoms with Crippen molar-refractivity contribution in [2.45, 2.75) is 26.4 Å². The van der Waals surface area contributed by atoms with Crippen molar-refractivity contribution in [1.82, 2.24) is 24.9 Å². The molecule has 7 nitrogen and oxygen atoms in total. The van der Waals surface area contributed by atoms with Gasteiger partial charge in [0.05, 0.1) is 12.4 Å². The molecule has 2 aliphatic rings. The fraction of sp³-hybridized carbons (Fsp3) is 0.417. The van der Waals surface area contributed by atoms with Gasteiger partial charge in [0.1, 0.15) is 28.6 Å². The van der Waals surface area contributed by atoms with Gasteiger partial charge in [0.2, 0.25) is 0 Å². The summed E-state index contributed by atoms with van der Waals surface area (Å²) >= 11 is 0. The van der Waals surface area contributed by atoms with E-state index in [0.29, 0.717) is 24.3 Å². The van der Waals surface area contributed by atoms with Crippen LogP contribution in [0, 0.1) is 24.6 Å². The number of carbonyl (C=O) groups is 1. The Kier molecular flexibility index (Phi) is 5.14. The highest BCUT2D eigenvalue weighted by Gasteiger charge is 2.43. The summed E-state index contributed by atoms with van der Waals surface area (Å²) in [5.41, 5.74) is 0.261. The number of alkyl halides is 1. The molecule has 0 aliphatic carbocycles. The first-order valence-corrected chi connectivity index (χ1v) is 11.1. The standard InChI is InChI=1S/C24H26F2N6O/c1-15-9-18(24(2,3)26)10-21(29-15)30-11-16-13-31(14-17(16)12-30)23(33)22-19(25)5-4-6-20(22)32-27-7-8-28-32/h4-10,16-17H,11-14H2,1-3H3/t16-,17+. The Bertz CT molecular complexity index is 1180. The number of hydrogen-bond donors (Lipinski definition) is 0. The van der Waals surface area contributed by atoms with E-state index >= 15 is 0 Å². The molecule has 1 aromatic carbocycles. The summed E-state index contributed by atoms with van der Waals surface area (Å²) in [5.74, 6) is 0.326. The van der Waals surface area contributed by atoms with E-state index in [0.717, 1.165) is 24.6 Å². The second-order valence-electron chi connectivity index (χ2n) is 9.42. The van der Waals surface area contributed by atoms with Gasteiger partial charge in [-0.05, 0) is 50.6 Å². The third-order valence-electron chi connectivity index (χ3n) is 6.56. The number of hydrogen-bond acceptors (Lipinski definition) is 5. The highest BCUT2D eigenvalue weighted by atomic mass is 19.1. The van der Waals surface area contributed by atoms with Crippen LogP contribution in [0.2, 0.25) is 0 Å². The van der Waals surface area contributed by atoms with Crippen LogP contribution in [0.1, 0.15) is 35.5 Å². The summed E-state index contributed by atoms with van der Waals surface area (Å²) in [5, 5.41) is 8.11. The number of likely N-dealkylation sites (tertiary alicyclic amines) is 1. The molecule has 0 N–H and O–H groups in total. The highest BCUT2D eigenvalue weighted by Crippen LogP contribution is 2.36. The van der Waals surface area contributed by atoms with Gasteiger partial charge in [-0.15, -0.1) is 0 Å². The third-order valence-corrected chi connectivity index (χ3v) is 6.56. The number of rotatable bonds is 4. The predicted molar refractivity (Wildman–Crippen MR) is 120 cm³/mol. The zero-order valence-corrected chi connectivity index (χ0v) is 18.9. The molecule has 0 radical (unpaired) electrons. The first kappa shape index (κ1) is 21.5. The van der Waals surface area contributed by atoms with Crippen LogP contribution in [-0.4, -0.2) is 57.0 Å². The number of aromatic nitrogens is 4. The SMILES string of the molecule is Cc1cc(C(C)(C)F)cc(N2C[C@H]3CN(C(=O)c4c(F)cccc4-n4nccn4)C[C@H]3C2)n1. The molecule has 4 heterocycles. The number of halogens is 2. The lowest BCUT2D eigenvalue weighted by atomic mass is 10.0. The number of aryl methyl sites for hydroxylation is 1. The number of nitrogens with zero attached hydrogens (tertiary/aromatic N) is 6. The van der Waals surface area contributed by atoms with Crippen LogP contribution in [0.15, 0.2) is 42.7 Å². The summed E-state index contributed by atoms with van der Waals surface area (Å²) in [6.07, 6.45) is 2.98. The van der Waals surface area contributed by atoms with E-state index in [1.165, 1.54) is 23.3 Å². The van der Waals surface area contributed by atoms with Crippen molar-refractivity contribution in [1.29, 1.82) is 0 Å². The molecule has 2 aromatic heterocycles. The third kappa shape index (κ3) is 3.96. The largest absolute Gasteiger partial charge is 0.356 e. The summed E-state index contributed by atoms with van der Waals surface area (Å²) in [4.78, 5) is 23.1. The Hall–Kier alpha value is -3.36. The minimum absolute atomic E-state index is 0.0132. The lowest BCUT2D eigenvalue weighted by Crippen LogP contribution is -2.34. The first-order chi connectivity index (χ1) is 15.7. The minimum atomic E-state index is -1.44. The summed E-state index contributed by atoms with van der Waals surface area (Å²) in [7, 11) is 0. The van der Waals surface area contributed by atoms with Gasteiger partial charge in [-0.2, -0.15) is 15.0 Å². The first-order valence-electron chi connectivity index (χ1n) is 11.1. The lowest BCUT2D eigenvalue weighted by Gasteiger charge is -2.25. The van der Waals surface area contributed by atoms with E-state index in [1.54, 1.807) is 36.9 Å². The molecule has 0 unspecified atom stereocenters. The number of amides is 1. The molecule has 0 saturated carbocycles. The second-order valence-corrected chi connectivity index (χ2v) is 9.42. The molecular weight excluding hydrogens is 426 g/mol. The van der Waals surface area contributed by atoms with Gasteiger partial charge in [-0.25, -0.2) is 13.8 Å². The molecule has 33 heavy (non-hydrogen) atoms. The summed E-state index contributed by atoms with van der Waals surface area (Å²) in [6.45, 7) is 7.48. The molecule has 9 heteroatoms. The Morgan fingerprint density at radius 1 is 1.06 bits per heavy atom. The van der Waals surface area contributed by atoms with Gasteiger partial charge in [0.15, 0.2) is 0 Å². The maximum absolute atomic E-state index is 14.7. The van der Waals surface area contributed by atoms with Gasteiger partial charge in [-0.3, -0.25) is 4.79 Å². The van der Waals surface area contributed by atoms with Gasteiger partial charge in [-0.1, -0.05) is 6.07 Å². The van der Waals surface area contributed by atoms with Crippen LogP contribution in [0.5, 0.6) is 0 Å². The quantitative estimate of drug-likeness (QED) is 0.606. The Morgan fingerprint density at radius 2 is 1.73 bits per heavy atom. The Balaban J connectivity index is 1.34. The fourth-order valence-electron chi connectivity index (χ4n) is 4.89. The van der Waals surface area contributed by atoms with E-state index < -0.39 is 11.5 Å². The van der Waals surface area contributed by atoms with Gasteiger partial charge in [0.25, 0.3) is 5.91 Å². The zero-order valence-electron chi connectivity index (χ0n) is 18.9. The Labute approximate surface area is 191 Å². The number of carbonyl (C=O) groups excluding carboxylic acids is 1. The second kappa shape index (κ2) is 7.90. The molecule has 2 saturated heterocycles. The van der Waals surface area contributed by atoms with E-state index in [9.17, 15) is 13.6 Å². The van der Waals surface area contributed by atoms with Crippen molar-refractivity contribution < 1.29 is 13.6 Å². The van der Waals surface area contributed by atoms with Crippen molar-refractivity contribution in [3.05, 3.63) is 65.4 Å². The van der Waals surface area contributed by atoms with Crippen LogP contribution >= 0.6 is 0 Å². The van der Waals surface area contributed by atoms with E-state index in [1.807, 2.05) is 13.0 Å². The van der Waals surface area contributed by atoms with Crippen molar-refractivity contribution in [2.75, 3.05) is 31.1 Å². The van der Waals surface area contributed by atoms with Gasteiger partial charge >= 0.3 is 0 Å². The van der Waals surface area contributed by atoms with E-state index in [2.05, 4.69) is 20.1 Å². The topological polar surface area (TPSA) is 67.2 Å². The average Bonchev–Trinajstić information content (AvgIpc) is 3.48. The predicted octanol–water partition coefficient (Wildman–Crippen LogP) is 3.52. The summed E-state index contributed by atoms with van der Waals surface area (Å²) in [6, 6.07) is 8.07. The fourth-order valence-corrected chi connectivity index (χ4v) is 4.89. The molecule has 1 amide bonds. The van der Waals surface area contributed by atoms with Gasteiger partial charge in [0, 0.05) is 43.7 Å². The highest BCUT2D eigenvalue weighted by molar-refractivity contribution is 5.98. The minimum Gasteiger partial charge on any atom is -0.356 e. The molecule has 0 bridgehead atoms. The normalized spacial score (nSPS) is 20.4.